The summed E-state index contributed by atoms with van der Waals surface area (Å²) in [5.74, 6) is -0.564. The van der Waals surface area contributed by atoms with Gasteiger partial charge in [-0.2, -0.15) is 23.4 Å². The molecule has 2 heterocycles. The number of aromatic nitrogens is 2. The van der Waals surface area contributed by atoms with E-state index in [4.69, 9.17) is 5.73 Å². The number of nitrogens with zero attached hydrogens (tertiary/aromatic N) is 5. The van der Waals surface area contributed by atoms with Crippen LogP contribution < -0.4 is 16.1 Å². The Morgan fingerprint density at radius 2 is 1.94 bits per heavy atom. The Hall–Kier alpha value is -3.89. The number of nitrogens with one attached hydrogen (secondary N) is 1. The van der Waals surface area contributed by atoms with E-state index in [9.17, 15) is 18.0 Å². The van der Waals surface area contributed by atoms with E-state index in [1.54, 1.807) is 34.1 Å². The molecule has 1 unspecified atom stereocenters. The average Bonchev–Trinajstić information content (AvgIpc) is 3.34. The zero-order chi connectivity index (χ0) is 23.9. The van der Waals surface area contributed by atoms with Gasteiger partial charge in [-0.05, 0) is 49.7 Å². The first-order valence-corrected chi connectivity index (χ1v) is 10.1. The van der Waals surface area contributed by atoms with Crippen molar-refractivity contribution in [3.8, 4) is 0 Å². The lowest BCUT2D eigenvalue weighted by Gasteiger charge is -2.18. The predicted molar refractivity (Wildman–Crippen MR) is 118 cm³/mol. The first-order chi connectivity index (χ1) is 15.5. The van der Waals surface area contributed by atoms with Crippen LogP contribution in [0.4, 0.5) is 30.2 Å². The van der Waals surface area contributed by atoms with Gasteiger partial charge in [0.25, 0.3) is 5.91 Å². The molecule has 172 valence electrons. The molecule has 0 fully saturated rings. The topological polar surface area (TPSA) is 101 Å². The molecule has 0 saturated heterocycles. The molecule has 3 aromatic rings. The van der Waals surface area contributed by atoms with Crippen molar-refractivity contribution in [3.63, 3.8) is 0 Å². The van der Waals surface area contributed by atoms with E-state index in [1.165, 1.54) is 6.07 Å². The minimum absolute atomic E-state index is 0.0394. The second-order valence-electron chi connectivity index (χ2n) is 7.91. The van der Waals surface area contributed by atoms with Gasteiger partial charge in [-0.25, -0.2) is 5.01 Å². The summed E-state index contributed by atoms with van der Waals surface area (Å²) in [6.45, 7) is 4.31. The molecular formula is C22H22F3N7O. The fourth-order valence-electron chi connectivity index (χ4n) is 3.63. The molecule has 0 radical (unpaired) electrons. The van der Waals surface area contributed by atoms with Gasteiger partial charge in [0.1, 0.15) is 6.04 Å². The molecule has 1 aliphatic heterocycles. The van der Waals surface area contributed by atoms with Crippen LogP contribution in [0.1, 0.15) is 38.8 Å². The number of anilines is 3. The summed E-state index contributed by atoms with van der Waals surface area (Å²) < 4.78 is 40.9. The maximum absolute atomic E-state index is 13.1. The minimum Gasteiger partial charge on any atom is -0.399 e. The normalized spacial score (nSPS) is 15.8. The van der Waals surface area contributed by atoms with Crippen LogP contribution in [-0.4, -0.2) is 22.2 Å². The van der Waals surface area contributed by atoms with Gasteiger partial charge in [-0.15, -0.1) is 0 Å². The molecule has 1 aliphatic rings. The van der Waals surface area contributed by atoms with Crippen LogP contribution in [0, 0.1) is 13.8 Å². The van der Waals surface area contributed by atoms with Crippen LogP contribution in [0.3, 0.4) is 0 Å². The lowest BCUT2D eigenvalue weighted by molar-refractivity contribution is -0.137. The Balaban J connectivity index is 1.54. The first kappa shape index (κ1) is 22.3. The van der Waals surface area contributed by atoms with Gasteiger partial charge >= 0.3 is 6.18 Å². The molecule has 0 bridgehead atoms. The molecular weight excluding hydrogens is 435 g/mol. The van der Waals surface area contributed by atoms with Gasteiger partial charge in [-0.1, -0.05) is 11.3 Å². The molecule has 8 nitrogen and oxygen atoms in total. The van der Waals surface area contributed by atoms with Gasteiger partial charge in [0.05, 0.1) is 24.0 Å². The van der Waals surface area contributed by atoms with Crippen molar-refractivity contribution in [2.45, 2.75) is 26.1 Å². The van der Waals surface area contributed by atoms with Crippen molar-refractivity contribution in [1.82, 2.24) is 9.78 Å². The van der Waals surface area contributed by atoms with Gasteiger partial charge in [-0.3, -0.25) is 9.48 Å². The Morgan fingerprint density at radius 1 is 1.18 bits per heavy atom. The van der Waals surface area contributed by atoms with Crippen LogP contribution in [0.25, 0.3) is 0 Å². The summed E-state index contributed by atoms with van der Waals surface area (Å²) in [5.41, 5.74) is 8.29. The summed E-state index contributed by atoms with van der Waals surface area (Å²) in [4.78, 5) is 12.8. The Kier molecular flexibility index (Phi) is 5.56. The quantitative estimate of drug-likeness (QED) is 0.549. The summed E-state index contributed by atoms with van der Waals surface area (Å²) in [6.07, 6.45) is -2.81. The molecule has 1 atom stereocenters. The van der Waals surface area contributed by atoms with Gasteiger partial charge in [0, 0.05) is 35.2 Å². The number of hydrogen-bond acceptors (Lipinski definition) is 6. The molecule has 0 aliphatic carbocycles. The van der Waals surface area contributed by atoms with Crippen molar-refractivity contribution in [3.05, 3.63) is 70.5 Å². The van der Waals surface area contributed by atoms with Crippen molar-refractivity contribution < 1.29 is 18.0 Å². The van der Waals surface area contributed by atoms with Crippen molar-refractivity contribution in [1.29, 1.82) is 0 Å². The van der Waals surface area contributed by atoms with Crippen molar-refractivity contribution >= 4 is 23.0 Å². The minimum atomic E-state index is -4.57. The molecule has 33 heavy (non-hydrogen) atoms. The highest BCUT2D eigenvalue weighted by molar-refractivity contribution is 6.05. The number of carbonyl (C=O) groups excluding carboxylic acids is 1. The molecule has 0 saturated carbocycles. The second kappa shape index (κ2) is 8.23. The fourth-order valence-corrected chi connectivity index (χ4v) is 3.63. The highest BCUT2D eigenvalue weighted by Gasteiger charge is 2.31. The molecule has 1 amide bonds. The lowest BCUT2D eigenvalue weighted by atomic mass is 10.1. The SMILES string of the molecule is Cc1ccc(C(=O)Nc2cc(N)cc(C(F)(F)F)c2)cc1N1CC(c2cnn(C)c2C)N=N1. The van der Waals surface area contributed by atoms with E-state index in [-0.39, 0.29) is 23.0 Å². The zero-order valence-electron chi connectivity index (χ0n) is 18.2. The van der Waals surface area contributed by atoms with Gasteiger partial charge in [0.15, 0.2) is 0 Å². The fraction of sp³-hybridized carbons (Fsp3) is 0.273. The number of amides is 1. The number of carbonyl (C=O) groups is 1. The van der Waals surface area contributed by atoms with E-state index in [1.807, 2.05) is 20.9 Å². The highest BCUT2D eigenvalue weighted by atomic mass is 19.4. The molecule has 11 heteroatoms. The van der Waals surface area contributed by atoms with Crippen LogP contribution in [0.2, 0.25) is 0 Å². The summed E-state index contributed by atoms with van der Waals surface area (Å²) >= 11 is 0. The second-order valence-corrected chi connectivity index (χ2v) is 7.91. The third kappa shape index (κ3) is 4.52. The molecule has 1 aromatic heterocycles. The predicted octanol–water partition coefficient (Wildman–Crippen LogP) is 4.82. The van der Waals surface area contributed by atoms with E-state index in [0.717, 1.165) is 29.0 Å². The number of nitrogen functional groups attached to an aromatic ring is 1. The first-order valence-electron chi connectivity index (χ1n) is 10.1. The van der Waals surface area contributed by atoms with Gasteiger partial charge < -0.3 is 11.1 Å². The third-order valence-corrected chi connectivity index (χ3v) is 5.57. The summed E-state index contributed by atoms with van der Waals surface area (Å²) in [5, 5.41) is 17.0. The largest absolute Gasteiger partial charge is 0.416 e. The molecule has 4 rings (SSSR count). The number of benzene rings is 2. The molecule has 0 spiro atoms. The van der Waals surface area contributed by atoms with E-state index in [2.05, 4.69) is 20.8 Å². The maximum atomic E-state index is 13.1. The Morgan fingerprint density at radius 3 is 2.61 bits per heavy atom. The summed E-state index contributed by atoms with van der Waals surface area (Å²) in [6, 6.07) is 7.74. The molecule has 3 N–H and O–H groups in total. The van der Waals surface area contributed by atoms with Crippen molar-refractivity contribution in [2.24, 2.45) is 17.4 Å². The zero-order valence-corrected chi connectivity index (χ0v) is 18.2. The van der Waals surface area contributed by atoms with Crippen LogP contribution >= 0.6 is 0 Å². The maximum Gasteiger partial charge on any atom is 0.416 e. The lowest BCUT2D eigenvalue weighted by Crippen LogP contribution is -2.19. The number of nitrogens with two attached hydrogens (primary N) is 1. The van der Waals surface area contributed by atoms with E-state index < -0.39 is 17.6 Å². The van der Waals surface area contributed by atoms with E-state index >= 15 is 0 Å². The number of aryl methyl sites for hydroxylation is 2. The summed E-state index contributed by atoms with van der Waals surface area (Å²) in [7, 11) is 1.85. The third-order valence-electron chi connectivity index (χ3n) is 5.57. The number of halogens is 3. The van der Waals surface area contributed by atoms with Crippen molar-refractivity contribution in [2.75, 3.05) is 22.6 Å². The Bertz CT molecular complexity index is 1250. The Labute approximate surface area is 187 Å². The number of hydrogen-bond donors (Lipinski definition) is 2. The molecule has 2 aromatic carbocycles. The van der Waals surface area contributed by atoms with Crippen LogP contribution in [-0.2, 0) is 13.2 Å². The average molecular weight is 457 g/mol. The smallest absolute Gasteiger partial charge is 0.399 e. The number of alkyl halides is 3. The number of rotatable bonds is 4. The van der Waals surface area contributed by atoms with Gasteiger partial charge in [0.2, 0.25) is 0 Å². The monoisotopic (exact) mass is 457 g/mol. The standard InChI is InChI=1S/C22H22F3N7O/c1-12-4-5-14(21(33)28-17-8-15(22(23,24)25)7-16(26)9-17)6-20(12)32-11-19(29-30-32)18-10-27-31(3)13(18)2/h4-10,19H,11,26H2,1-3H3,(H,28,33). The van der Waals surface area contributed by atoms with E-state index in [0.29, 0.717) is 12.2 Å². The van der Waals surface area contributed by atoms with Crippen LogP contribution in [0.5, 0.6) is 0 Å². The van der Waals surface area contributed by atoms with Crippen LogP contribution in [0.15, 0.2) is 52.9 Å². The highest BCUT2D eigenvalue weighted by Crippen LogP contribution is 2.34.